The van der Waals surface area contributed by atoms with E-state index in [1.807, 2.05) is 0 Å². The highest BCUT2D eigenvalue weighted by Crippen LogP contribution is 2.40. The summed E-state index contributed by atoms with van der Waals surface area (Å²) >= 11 is 0. The fourth-order valence-electron chi connectivity index (χ4n) is 4.83. The van der Waals surface area contributed by atoms with Gasteiger partial charge in [0.15, 0.2) is 0 Å². The van der Waals surface area contributed by atoms with Gasteiger partial charge in [0.25, 0.3) is 0 Å². The Bertz CT molecular complexity index is 2130. The molecule has 6 rings (SSSR count). The SMILES string of the molecule is O=S(=O)(c1ccccc1Oc1cccc(Oc2cccc(C(F)(F)F)c2)c1)c1ccccc1Oc1cccc(Oc2cccc(C(F)(F)F)c2)c1. The molecule has 260 valence electrons. The lowest BCUT2D eigenvalue weighted by Gasteiger charge is -2.16. The van der Waals surface area contributed by atoms with Gasteiger partial charge >= 0.3 is 12.4 Å². The third kappa shape index (κ3) is 8.44. The Kier molecular flexibility index (Phi) is 9.66. The molecular weight excluding hydrogens is 698 g/mol. The molecule has 0 atom stereocenters. The number of rotatable bonds is 10. The first-order valence-electron chi connectivity index (χ1n) is 14.9. The average Bonchev–Trinajstić information content (AvgIpc) is 3.08. The number of benzene rings is 6. The summed E-state index contributed by atoms with van der Waals surface area (Å²) in [6, 6.07) is 32.3. The van der Waals surface area contributed by atoms with Crippen molar-refractivity contribution < 1.29 is 53.7 Å². The van der Waals surface area contributed by atoms with Crippen LogP contribution in [0.15, 0.2) is 155 Å². The number of sulfone groups is 1. The smallest absolute Gasteiger partial charge is 0.416 e. The van der Waals surface area contributed by atoms with E-state index < -0.39 is 33.3 Å². The standard InChI is InChI=1S/C38H24F6O6S/c39-37(40,41)25-9-5-11-27(21-25)47-29-13-7-15-31(23-29)49-33-17-1-3-19-35(33)51(45,46)36-20-4-2-18-34(36)50-32-16-8-14-30(24-32)48-28-12-6-10-26(22-28)38(42,43)44/h1-24H. The van der Waals surface area contributed by atoms with Crippen molar-refractivity contribution in [1.29, 1.82) is 0 Å². The van der Waals surface area contributed by atoms with Gasteiger partial charge in [0, 0.05) is 12.1 Å². The van der Waals surface area contributed by atoms with Gasteiger partial charge < -0.3 is 18.9 Å². The van der Waals surface area contributed by atoms with Crippen molar-refractivity contribution in [2.75, 3.05) is 0 Å². The number of para-hydroxylation sites is 2. The van der Waals surface area contributed by atoms with Gasteiger partial charge in [-0.2, -0.15) is 26.3 Å². The Morgan fingerprint density at radius 1 is 0.373 bits per heavy atom. The maximum atomic E-state index is 14.1. The zero-order valence-electron chi connectivity index (χ0n) is 26.0. The van der Waals surface area contributed by atoms with Crippen molar-refractivity contribution in [3.05, 3.63) is 157 Å². The van der Waals surface area contributed by atoms with Gasteiger partial charge in [0.05, 0.1) is 11.1 Å². The van der Waals surface area contributed by atoms with Crippen LogP contribution in [0.5, 0.6) is 46.0 Å². The summed E-state index contributed by atoms with van der Waals surface area (Å²) in [5.41, 5.74) is -1.76. The van der Waals surface area contributed by atoms with Crippen LogP contribution in [0.2, 0.25) is 0 Å². The maximum absolute atomic E-state index is 14.1. The van der Waals surface area contributed by atoms with Crippen LogP contribution >= 0.6 is 0 Å². The molecule has 51 heavy (non-hydrogen) atoms. The maximum Gasteiger partial charge on any atom is 0.416 e. The lowest BCUT2D eigenvalue weighted by molar-refractivity contribution is -0.138. The van der Waals surface area contributed by atoms with Crippen molar-refractivity contribution >= 4 is 9.84 Å². The highest BCUT2D eigenvalue weighted by molar-refractivity contribution is 7.91. The Morgan fingerprint density at radius 2 is 0.686 bits per heavy atom. The molecule has 0 N–H and O–H groups in total. The van der Waals surface area contributed by atoms with Gasteiger partial charge in [-0.05, 0) is 84.9 Å². The quantitative estimate of drug-likeness (QED) is 0.131. The Labute approximate surface area is 288 Å². The summed E-state index contributed by atoms with van der Waals surface area (Å²) < 4.78 is 130. The topological polar surface area (TPSA) is 71.1 Å². The summed E-state index contributed by atoms with van der Waals surface area (Å²) in [6.07, 6.45) is -9.12. The summed E-state index contributed by atoms with van der Waals surface area (Å²) in [5.74, 6) is 0.340. The molecule has 0 unspecified atom stereocenters. The molecule has 0 bridgehead atoms. The van der Waals surface area contributed by atoms with Gasteiger partial charge in [-0.3, -0.25) is 0 Å². The zero-order chi connectivity index (χ0) is 36.2. The molecular formula is C38H24F6O6S. The van der Waals surface area contributed by atoms with Crippen LogP contribution in [0.3, 0.4) is 0 Å². The second kappa shape index (κ2) is 14.1. The molecule has 0 amide bonds. The van der Waals surface area contributed by atoms with Crippen molar-refractivity contribution in [2.24, 2.45) is 0 Å². The highest BCUT2D eigenvalue weighted by Gasteiger charge is 2.32. The van der Waals surface area contributed by atoms with Crippen LogP contribution < -0.4 is 18.9 Å². The van der Waals surface area contributed by atoms with E-state index in [0.29, 0.717) is 0 Å². The van der Waals surface area contributed by atoms with E-state index >= 15 is 0 Å². The summed E-state index contributed by atoms with van der Waals surface area (Å²) in [7, 11) is -4.32. The predicted molar refractivity (Wildman–Crippen MR) is 174 cm³/mol. The van der Waals surface area contributed by atoms with Crippen LogP contribution in [0.25, 0.3) is 0 Å². The van der Waals surface area contributed by atoms with Crippen molar-refractivity contribution in [2.45, 2.75) is 22.1 Å². The lowest BCUT2D eigenvalue weighted by atomic mass is 10.2. The Balaban J connectivity index is 1.24. The van der Waals surface area contributed by atoms with E-state index in [0.717, 1.165) is 24.3 Å². The summed E-state index contributed by atoms with van der Waals surface area (Å²) in [5, 5.41) is 0. The van der Waals surface area contributed by atoms with Crippen LogP contribution in [0, 0.1) is 0 Å². The second-order valence-electron chi connectivity index (χ2n) is 10.8. The van der Waals surface area contributed by atoms with Crippen LogP contribution in [0.4, 0.5) is 26.3 Å². The molecule has 0 aliphatic heterocycles. The van der Waals surface area contributed by atoms with Crippen LogP contribution in [0.1, 0.15) is 11.1 Å². The number of halogens is 6. The van der Waals surface area contributed by atoms with E-state index in [1.54, 1.807) is 12.1 Å². The third-order valence-electron chi connectivity index (χ3n) is 7.14. The minimum absolute atomic E-state index is 0.0555. The fourth-order valence-corrected chi connectivity index (χ4v) is 6.33. The van der Waals surface area contributed by atoms with Crippen molar-refractivity contribution in [3.63, 3.8) is 0 Å². The normalized spacial score (nSPS) is 11.9. The summed E-state index contributed by atoms with van der Waals surface area (Å²) in [6.45, 7) is 0. The third-order valence-corrected chi connectivity index (χ3v) is 8.97. The first-order valence-corrected chi connectivity index (χ1v) is 16.4. The molecule has 6 aromatic carbocycles. The lowest BCUT2D eigenvalue weighted by Crippen LogP contribution is -2.06. The molecule has 0 aliphatic rings. The molecule has 0 aliphatic carbocycles. The molecule has 6 nitrogen and oxygen atoms in total. The largest absolute Gasteiger partial charge is 0.457 e. The minimum Gasteiger partial charge on any atom is -0.457 e. The molecule has 0 spiro atoms. The number of hydrogen-bond acceptors (Lipinski definition) is 6. The monoisotopic (exact) mass is 722 g/mol. The van der Waals surface area contributed by atoms with Crippen LogP contribution in [-0.4, -0.2) is 8.42 Å². The van der Waals surface area contributed by atoms with Crippen molar-refractivity contribution in [3.8, 4) is 46.0 Å². The van der Waals surface area contributed by atoms with Gasteiger partial charge in [-0.15, -0.1) is 0 Å². The molecule has 0 fully saturated rings. The average molecular weight is 723 g/mol. The Morgan fingerprint density at radius 3 is 1.06 bits per heavy atom. The molecule has 0 heterocycles. The van der Waals surface area contributed by atoms with Gasteiger partial charge in [0.1, 0.15) is 55.8 Å². The number of alkyl halides is 6. The zero-order valence-corrected chi connectivity index (χ0v) is 26.8. The Hall–Kier alpha value is -5.95. The van der Waals surface area contributed by atoms with Gasteiger partial charge in [-0.25, -0.2) is 8.42 Å². The molecule has 0 radical (unpaired) electrons. The van der Waals surface area contributed by atoms with E-state index in [9.17, 15) is 34.8 Å². The molecule has 6 aromatic rings. The first kappa shape index (κ1) is 34.9. The van der Waals surface area contributed by atoms with Gasteiger partial charge in [-0.1, -0.05) is 48.5 Å². The van der Waals surface area contributed by atoms with E-state index in [4.69, 9.17) is 18.9 Å². The van der Waals surface area contributed by atoms with E-state index in [2.05, 4.69) is 0 Å². The molecule has 0 saturated carbocycles. The first-order chi connectivity index (χ1) is 24.3. The van der Waals surface area contributed by atoms with E-state index in [1.165, 1.54) is 109 Å². The molecule has 0 saturated heterocycles. The van der Waals surface area contributed by atoms with Crippen LogP contribution in [-0.2, 0) is 22.2 Å². The number of hydrogen-bond donors (Lipinski definition) is 0. The second-order valence-corrected chi connectivity index (χ2v) is 12.7. The minimum atomic E-state index is -4.56. The highest BCUT2D eigenvalue weighted by atomic mass is 32.2. The van der Waals surface area contributed by atoms with Crippen molar-refractivity contribution in [1.82, 2.24) is 0 Å². The van der Waals surface area contributed by atoms with Gasteiger partial charge in [0.2, 0.25) is 9.84 Å². The number of ether oxygens (including phenoxy) is 4. The molecule has 0 aromatic heterocycles. The fraction of sp³-hybridized carbons (Fsp3) is 0.0526. The van der Waals surface area contributed by atoms with E-state index in [-0.39, 0.29) is 55.8 Å². The predicted octanol–water partition coefficient (Wildman–Crippen LogP) is 11.7. The molecule has 13 heteroatoms. The summed E-state index contributed by atoms with van der Waals surface area (Å²) in [4.78, 5) is -0.432.